The van der Waals surface area contributed by atoms with Crippen molar-refractivity contribution in [2.45, 2.75) is 19.9 Å². The number of nitrogens with zero attached hydrogens (tertiary/aromatic N) is 1. The van der Waals surface area contributed by atoms with E-state index in [-0.39, 0.29) is 12.4 Å². The van der Waals surface area contributed by atoms with Crippen LogP contribution in [0.3, 0.4) is 0 Å². The van der Waals surface area contributed by atoms with Gasteiger partial charge in [-0.1, -0.05) is 13.0 Å². The van der Waals surface area contributed by atoms with Crippen LogP contribution >= 0.6 is 0 Å². The zero-order chi connectivity index (χ0) is 12.0. The number of nitrogen functional groups attached to an aromatic ring is 1. The van der Waals surface area contributed by atoms with Gasteiger partial charge in [-0.05, 0) is 25.1 Å². The highest BCUT2D eigenvalue weighted by atomic mass is 19.1. The van der Waals surface area contributed by atoms with Crippen molar-refractivity contribution in [3.8, 4) is 0 Å². The monoisotopic (exact) mass is 226 g/mol. The molecule has 0 amide bonds. The minimum atomic E-state index is -0.279. The van der Waals surface area contributed by atoms with Crippen molar-refractivity contribution in [3.05, 3.63) is 29.6 Å². The van der Waals surface area contributed by atoms with Crippen molar-refractivity contribution in [3.63, 3.8) is 0 Å². The molecule has 0 aromatic heterocycles. The van der Waals surface area contributed by atoms with Crippen LogP contribution in [0.1, 0.15) is 18.9 Å². The van der Waals surface area contributed by atoms with Gasteiger partial charge in [0.05, 0.1) is 6.61 Å². The van der Waals surface area contributed by atoms with E-state index in [0.717, 1.165) is 13.0 Å². The second kappa shape index (κ2) is 6.45. The van der Waals surface area contributed by atoms with Crippen molar-refractivity contribution in [2.24, 2.45) is 0 Å². The fourth-order valence-corrected chi connectivity index (χ4v) is 1.66. The van der Waals surface area contributed by atoms with Crippen molar-refractivity contribution < 1.29 is 9.50 Å². The highest BCUT2D eigenvalue weighted by Gasteiger charge is 2.08. The van der Waals surface area contributed by atoms with Gasteiger partial charge in [-0.2, -0.15) is 0 Å². The molecule has 0 saturated heterocycles. The molecular formula is C12H19FN2O. The van der Waals surface area contributed by atoms with Gasteiger partial charge in [-0.25, -0.2) is 4.39 Å². The molecule has 0 aliphatic carbocycles. The van der Waals surface area contributed by atoms with Gasteiger partial charge < -0.3 is 10.8 Å². The van der Waals surface area contributed by atoms with Gasteiger partial charge in [-0.3, -0.25) is 4.90 Å². The lowest BCUT2D eigenvalue weighted by Crippen LogP contribution is -2.27. The Kier molecular flexibility index (Phi) is 5.22. The molecular weight excluding hydrogens is 207 g/mol. The maximum absolute atomic E-state index is 13.5. The van der Waals surface area contributed by atoms with E-state index in [4.69, 9.17) is 10.8 Å². The molecule has 3 nitrogen and oxygen atoms in total. The molecule has 0 bridgehead atoms. The highest BCUT2D eigenvalue weighted by molar-refractivity contribution is 5.40. The standard InChI is InChI=1S/C12H19FN2O/c1-2-5-15(6-7-16)9-10-3-4-11(14)8-12(10)13/h3-4,8,16H,2,5-7,9,14H2,1H3. The quantitative estimate of drug-likeness (QED) is 0.725. The first-order chi connectivity index (χ1) is 7.67. The summed E-state index contributed by atoms with van der Waals surface area (Å²) in [6.07, 6.45) is 0.983. The molecule has 90 valence electrons. The summed E-state index contributed by atoms with van der Waals surface area (Å²) in [4.78, 5) is 2.02. The molecule has 0 aliphatic heterocycles. The Balaban J connectivity index is 2.68. The number of aliphatic hydroxyl groups is 1. The smallest absolute Gasteiger partial charge is 0.129 e. The lowest BCUT2D eigenvalue weighted by Gasteiger charge is -2.20. The van der Waals surface area contributed by atoms with E-state index in [1.165, 1.54) is 6.07 Å². The average molecular weight is 226 g/mol. The van der Waals surface area contributed by atoms with Crippen molar-refractivity contribution in [1.29, 1.82) is 0 Å². The second-order valence-corrected chi connectivity index (χ2v) is 3.85. The van der Waals surface area contributed by atoms with Crippen LogP contribution in [0.25, 0.3) is 0 Å². The Morgan fingerprint density at radius 3 is 2.69 bits per heavy atom. The van der Waals surface area contributed by atoms with Crippen LogP contribution in [0, 0.1) is 5.82 Å². The second-order valence-electron chi connectivity index (χ2n) is 3.85. The minimum Gasteiger partial charge on any atom is -0.399 e. The minimum absolute atomic E-state index is 0.0938. The topological polar surface area (TPSA) is 49.5 Å². The average Bonchev–Trinajstić information content (AvgIpc) is 2.23. The first-order valence-electron chi connectivity index (χ1n) is 5.54. The number of aliphatic hydroxyl groups excluding tert-OH is 1. The van der Waals surface area contributed by atoms with Crippen LogP contribution in [0.4, 0.5) is 10.1 Å². The molecule has 4 heteroatoms. The van der Waals surface area contributed by atoms with Gasteiger partial charge >= 0.3 is 0 Å². The molecule has 1 rings (SSSR count). The van der Waals surface area contributed by atoms with Gasteiger partial charge in [0.1, 0.15) is 5.82 Å². The van der Waals surface area contributed by atoms with E-state index in [0.29, 0.717) is 24.3 Å². The normalized spacial score (nSPS) is 11.0. The number of halogens is 1. The molecule has 3 N–H and O–H groups in total. The Morgan fingerprint density at radius 1 is 1.38 bits per heavy atom. The van der Waals surface area contributed by atoms with Crippen molar-refractivity contribution >= 4 is 5.69 Å². The summed E-state index contributed by atoms with van der Waals surface area (Å²) in [5.41, 5.74) is 6.54. The largest absolute Gasteiger partial charge is 0.399 e. The summed E-state index contributed by atoms with van der Waals surface area (Å²) in [6.45, 7) is 4.09. The van der Waals surface area contributed by atoms with E-state index >= 15 is 0 Å². The van der Waals surface area contributed by atoms with Crippen LogP contribution in [0.15, 0.2) is 18.2 Å². The summed E-state index contributed by atoms with van der Waals surface area (Å²) in [7, 11) is 0. The van der Waals surface area contributed by atoms with Gasteiger partial charge in [0.15, 0.2) is 0 Å². The number of nitrogens with two attached hydrogens (primary N) is 1. The molecule has 0 atom stereocenters. The summed E-state index contributed by atoms with van der Waals surface area (Å²) < 4.78 is 13.5. The van der Waals surface area contributed by atoms with E-state index in [1.54, 1.807) is 12.1 Å². The first kappa shape index (κ1) is 12.9. The van der Waals surface area contributed by atoms with Gasteiger partial charge in [0.25, 0.3) is 0 Å². The highest BCUT2D eigenvalue weighted by Crippen LogP contribution is 2.14. The van der Waals surface area contributed by atoms with Crippen LogP contribution in [0.2, 0.25) is 0 Å². The predicted octanol–water partition coefficient (Wildman–Crippen LogP) is 1.61. The fourth-order valence-electron chi connectivity index (χ4n) is 1.66. The Labute approximate surface area is 95.7 Å². The van der Waals surface area contributed by atoms with Crippen LogP contribution in [-0.2, 0) is 6.54 Å². The number of hydrogen-bond acceptors (Lipinski definition) is 3. The van der Waals surface area contributed by atoms with E-state index in [2.05, 4.69) is 6.92 Å². The molecule has 1 aromatic rings. The Morgan fingerprint density at radius 2 is 2.12 bits per heavy atom. The van der Waals surface area contributed by atoms with Crippen LogP contribution in [-0.4, -0.2) is 29.7 Å². The zero-order valence-corrected chi connectivity index (χ0v) is 9.62. The van der Waals surface area contributed by atoms with Crippen LogP contribution < -0.4 is 5.73 Å². The third kappa shape index (κ3) is 3.79. The summed E-state index contributed by atoms with van der Waals surface area (Å²) in [5, 5.41) is 8.90. The molecule has 0 heterocycles. The zero-order valence-electron chi connectivity index (χ0n) is 9.62. The van der Waals surface area contributed by atoms with Crippen molar-refractivity contribution in [1.82, 2.24) is 4.90 Å². The maximum Gasteiger partial charge on any atom is 0.129 e. The number of anilines is 1. The van der Waals surface area contributed by atoms with Gasteiger partial charge in [-0.15, -0.1) is 0 Å². The number of hydrogen-bond donors (Lipinski definition) is 2. The summed E-state index contributed by atoms with van der Waals surface area (Å²) in [6, 6.07) is 4.73. The van der Waals surface area contributed by atoms with E-state index in [9.17, 15) is 4.39 Å². The maximum atomic E-state index is 13.5. The lowest BCUT2D eigenvalue weighted by molar-refractivity contribution is 0.189. The molecule has 0 spiro atoms. The van der Waals surface area contributed by atoms with E-state index in [1.807, 2.05) is 4.90 Å². The lowest BCUT2D eigenvalue weighted by atomic mass is 10.1. The molecule has 0 unspecified atom stereocenters. The molecule has 1 aromatic carbocycles. The molecule has 0 fully saturated rings. The molecule has 0 aliphatic rings. The molecule has 0 radical (unpaired) electrons. The SMILES string of the molecule is CCCN(CCO)Cc1ccc(N)cc1F. The fraction of sp³-hybridized carbons (Fsp3) is 0.500. The third-order valence-corrected chi connectivity index (χ3v) is 2.43. The third-order valence-electron chi connectivity index (χ3n) is 2.43. The Bertz CT molecular complexity index is 325. The molecule has 16 heavy (non-hydrogen) atoms. The van der Waals surface area contributed by atoms with Crippen molar-refractivity contribution in [2.75, 3.05) is 25.4 Å². The number of rotatable bonds is 6. The van der Waals surface area contributed by atoms with Gasteiger partial charge in [0, 0.05) is 24.3 Å². The molecule has 0 saturated carbocycles. The summed E-state index contributed by atoms with van der Waals surface area (Å²) >= 11 is 0. The van der Waals surface area contributed by atoms with Crippen LogP contribution in [0.5, 0.6) is 0 Å². The Hall–Kier alpha value is -1.13. The number of benzene rings is 1. The van der Waals surface area contributed by atoms with E-state index < -0.39 is 0 Å². The predicted molar refractivity (Wildman–Crippen MR) is 63.5 cm³/mol. The van der Waals surface area contributed by atoms with Gasteiger partial charge in [0.2, 0.25) is 0 Å². The summed E-state index contributed by atoms with van der Waals surface area (Å²) in [5.74, 6) is -0.279. The first-order valence-corrected chi connectivity index (χ1v) is 5.54.